The summed E-state index contributed by atoms with van der Waals surface area (Å²) in [6.07, 6.45) is 0.737. The van der Waals surface area contributed by atoms with Crippen LogP contribution in [-0.4, -0.2) is 12.4 Å². The van der Waals surface area contributed by atoms with E-state index < -0.39 is 0 Å². The maximum atomic E-state index is 12.7. The molecule has 2 nitrogen and oxygen atoms in total. The van der Waals surface area contributed by atoms with E-state index in [-0.39, 0.29) is 11.7 Å². The van der Waals surface area contributed by atoms with Crippen LogP contribution in [-0.2, 0) is 0 Å². The summed E-state index contributed by atoms with van der Waals surface area (Å²) in [5.41, 5.74) is 2.89. The van der Waals surface area contributed by atoms with E-state index in [0.717, 1.165) is 33.3 Å². The fourth-order valence-electron chi connectivity index (χ4n) is 2.56. The van der Waals surface area contributed by atoms with Crippen molar-refractivity contribution in [1.82, 2.24) is 0 Å². The predicted octanol–water partition coefficient (Wildman–Crippen LogP) is 4.51. The molecule has 0 aliphatic carbocycles. The summed E-state index contributed by atoms with van der Waals surface area (Å²) in [6.45, 7) is 2.61. The number of halogens is 1. The van der Waals surface area contributed by atoms with E-state index in [1.165, 1.54) is 0 Å². The molecule has 3 heteroatoms. The molecule has 1 heterocycles. The molecule has 0 spiro atoms. The van der Waals surface area contributed by atoms with Gasteiger partial charge in [-0.15, -0.1) is 0 Å². The van der Waals surface area contributed by atoms with Gasteiger partial charge in [0.1, 0.15) is 5.75 Å². The van der Waals surface area contributed by atoms with Crippen LogP contribution in [0.5, 0.6) is 5.75 Å². The number of aryl methyl sites for hydroxylation is 1. The molecule has 20 heavy (non-hydrogen) atoms. The number of para-hydroxylation sites is 1. The third-order valence-corrected chi connectivity index (χ3v) is 4.59. The highest BCUT2D eigenvalue weighted by Crippen LogP contribution is 2.35. The Labute approximate surface area is 126 Å². The van der Waals surface area contributed by atoms with Crippen LogP contribution >= 0.6 is 15.9 Å². The summed E-state index contributed by atoms with van der Waals surface area (Å²) >= 11 is 3.49. The number of ketones is 1. The molecule has 2 aromatic rings. The maximum absolute atomic E-state index is 12.7. The number of Topliss-reactive ketones (excluding diaryl/α,β-unsaturated/α-hetero) is 1. The van der Waals surface area contributed by atoms with E-state index in [1.54, 1.807) is 0 Å². The molecular weight excluding hydrogens is 316 g/mol. The zero-order valence-corrected chi connectivity index (χ0v) is 12.8. The Balaban J connectivity index is 1.97. The Morgan fingerprint density at radius 3 is 2.85 bits per heavy atom. The van der Waals surface area contributed by atoms with Crippen molar-refractivity contribution in [3.05, 3.63) is 63.6 Å². The number of carbonyl (C=O) groups excluding carboxylic acids is 1. The van der Waals surface area contributed by atoms with Crippen molar-refractivity contribution in [2.75, 3.05) is 6.61 Å². The minimum atomic E-state index is -0.102. The normalized spacial score (nSPS) is 17.2. The molecule has 0 radical (unpaired) electrons. The van der Waals surface area contributed by atoms with E-state index >= 15 is 0 Å². The SMILES string of the molecule is Cc1ccc(C(=O)C2CCOc3ccccc32)cc1Br. The van der Waals surface area contributed by atoms with Crippen LogP contribution < -0.4 is 4.74 Å². The van der Waals surface area contributed by atoms with Crippen LogP contribution in [0.4, 0.5) is 0 Å². The lowest BCUT2D eigenvalue weighted by Crippen LogP contribution is -2.21. The molecule has 0 aromatic heterocycles. The Morgan fingerprint density at radius 1 is 1.25 bits per heavy atom. The van der Waals surface area contributed by atoms with Gasteiger partial charge in [-0.1, -0.05) is 46.3 Å². The number of benzene rings is 2. The van der Waals surface area contributed by atoms with Crippen molar-refractivity contribution < 1.29 is 9.53 Å². The fourth-order valence-corrected chi connectivity index (χ4v) is 2.94. The number of hydrogen-bond acceptors (Lipinski definition) is 2. The van der Waals surface area contributed by atoms with Gasteiger partial charge in [0.2, 0.25) is 0 Å². The largest absolute Gasteiger partial charge is 0.493 e. The van der Waals surface area contributed by atoms with Gasteiger partial charge in [0.15, 0.2) is 5.78 Å². The second-order valence-electron chi connectivity index (χ2n) is 5.06. The summed E-state index contributed by atoms with van der Waals surface area (Å²) in [4.78, 5) is 12.7. The highest BCUT2D eigenvalue weighted by molar-refractivity contribution is 9.10. The minimum absolute atomic E-state index is 0.102. The second-order valence-corrected chi connectivity index (χ2v) is 5.91. The molecule has 0 N–H and O–H groups in total. The van der Waals surface area contributed by atoms with Gasteiger partial charge in [-0.05, 0) is 31.0 Å². The van der Waals surface area contributed by atoms with Crippen LogP contribution in [0.25, 0.3) is 0 Å². The zero-order valence-electron chi connectivity index (χ0n) is 11.2. The Hall–Kier alpha value is -1.61. The highest BCUT2D eigenvalue weighted by atomic mass is 79.9. The number of fused-ring (bicyclic) bond motifs is 1. The van der Waals surface area contributed by atoms with Gasteiger partial charge in [0.25, 0.3) is 0 Å². The van der Waals surface area contributed by atoms with Gasteiger partial charge in [-0.2, -0.15) is 0 Å². The second kappa shape index (κ2) is 5.41. The predicted molar refractivity (Wildman–Crippen MR) is 82.5 cm³/mol. The summed E-state index contributed by atoms with van der Waals surface area (Å²) in [5.74, 6) is 0.902. The molecule has 0 fully saturated rings. The average molecular weight is 331 g/mol. The highest BCUT2D eigenvalue weighted by Gasteiger charge is 2.28. The van der Waals surface area contributed by atoms with E-state index in [0.29, 0.717) is 6.61 Å². The first kappa shape index (κ1) is 13.4. The summed E-state index contributed by atoms with van der Waals surface area (Å²) in [6, 6.07) is 13.6. The first-order valence-electron chi connectivity index (χ1n) is 6.69. The van der Waals surface area contributed by atoms with E-state index in [1.807, 2.05) is 49.4 Å². The van der Waals surface area contributed by atoms with Crippen LogP contribution in [0.2, 0.25) is 0 Å². The molecule has 3 rings (SSSR count). The molecule has 102 valence electrons. The maximum Gasteiger partial charge on any atom is 0.170 e. The Morgan fingerprint density at radius 2 is 2.05 bits per heavy atom. The monoisotopic (exact) mass is 330 g/mol. The Bertz CT molecular complexity index is 664. The quantitative estimate of drug-likeness (QED) is 0.757. The van der Waals surface area contributed by atoms with E-state index in [9.17, 15) is 4.79 Å². The van der Waals surface area contributed by atoms with Crippen molar-refractivity contribution in [1.29, 1.82) is 0 Å². The number of hydrogen-bond donors (Lipinski definition) is 0. The molecule has 1 aliphatic heterocycles. The number of ether oxygens (including phenoxy) is 1. The third kappa shape index (κ3) is 2.38. The van der Waals surface area contributed by atoms with Gasteiger partial charge in [-0.25, -0.2) is 0 Å². The third-order valence-electron chi connectivity index (χ3n) is 3.73. The number of carbonyl (C=O) groups is 1. The first-order valence-corrected chi connectivity index (χ1v) is 7.48. The molecule has 2 aromatic carbocycles. The lowest BCUT2D eigenvalue weighted by Gasteiger charge is -2.25. The van der Waals surface area contributed by atoms with Crippen molar-refractivity contribution in [3.8, 4) is 5.75 Å². The lowest BCUT2D eigenvalue weighted by molar-refractivity contribution is 0.0933. The molecule has 1 atom stereocenters. The van der Waals surface area contributed by atoms with Gasteiger partial charge >= 0.3 is 0 Å². The summed E-state index contributed by atoms with van der Waals surface area (Å²) < 4.78 is 6.60. The van der Waals surface area contributed by atoms with Crippen molar-refractivity contribution >= 4 is 21.7 Å². The molecule has 0 saturated heterocycles. The number of rotatable bonds is 2. The van der Waals surface area contributed by atoms with Crippen molar-refractivity contribution in [3.63, 3.8) is 0 Å². The molecule has 1 aliphatic rings. The van der Waals surface area contributed by atoms with Gasteiger partial charge in [0, 0.05) is 15.6 Å². The molecule has 0 saturated carbocycles. The minimum Gasteiger partial charge on any atom is -0.493 e. The van der Waals surface area contributed by atoms with Crippen LogP contribution in [0.15, 0.2) is 46.9 Å². The Kier molecular flexibility index (Phi) is 3.62. The summed E-state index contributed by atoms with van der Waals surface area (Å²) in [7, 11) is 0. The van der Waals surface area contributed by atoms with Crippen molar-refractivity contribution in [2.45, 2.75) is 19.3 Å². The first-order chi connectivity index (χ1) is 9.66. The average Bonchev–Trinajstić information content (AvgIpc) is 2.49. The lowest BCUT2D eigenvalue weighted by atomic mass is 9.86. The smallest absolute Gasteiger partial charge is 0.170 e. The van der Waals surface area contributed by atoms with Crippen LogP contribution in [0.1, 0.15) is 33.8 Å². The van der Waals surface area contributed by atoms with Crippen LogP contribution in [0.3, 0.4) is 0 Å². The topological polar surface area (TPSA) is 26.3 Å². The van der Waals surface area contributed by atoms with Gasteiger partial charge in [0.05, 0.1) is 12.5 Å². The molecular formula is C17H15BrO2. The molecule has 0 amide bonds. The van der Waals surface area contributed by atoms with Crippen molar-refractivity contribution in [2.24, 2.45) is 0 Å². The van der Waals surface area contributed by atoms with E-state index in [4.69, 9.17) is 4.74 Å². The van der Waals surface area contributed by atoms with Gasteiger partial charge < -0.3 is 4.74 Å². The van der Waals surface area contributed by atoms with Gasteiger partial charge in [-0.3, -0.25) is 4.79 Å². The summed E-state index contributed by atoms with van der Waals surface area (Å²) in [5, 5.41) is 0. The fraction of sp³-hybridized carbons (Fsp3) is 0.235. The molecule has 1 unspecified atom stereocenters. The molecule has 0 bridgehead atoms. The standard InChI is InChI=1S/C17H15BrO2/c1-11-6-7-12(10-15(11)18)17(19)14-8-9-20-16-5-3-2-4-13(14)16/h2-7,10,14H,8-9H2,1H3. The van der Waals surface area contributed by atoms with Crippen LogP contribution in [0, 0.1) is 6.92 Å². The van der Waals surface area contributed by atoms with E-state index in [2.05, 4.69) is 15.9 Å². The zero-order chi connectivity index (χ0) is 14.1.